The zero-order valence-corrected chi connectivity index (χ0v) is 11.4. The van der Waals surface area contributed by atoms with E-state index in [0.29, 0.717) is 5.56 Å². The number of rotatable bonds is 4. The molecule has 1 aromatic heterocycles. The standard InChI is InChI=1S/C11H10ClN5O3/c1-6-4-3-5-7(8(6)17(18)19)20-11-15-9(12)14-10(13-2)16-11/h3-5H,1-2H3,(H,13,14,15,16). The summed E-state index contributed by atoms with van der Waals surface area (Å²) < 4.78 is 5.35. The lowest BCUT2D eigenvalue weighted by Crippen LogP contribution is -2.02. The molecule has 0 atom stereocenters. The molecule has 0 spiro atoms. The molecule has 2 aromatic rings. The summed E-state index contributed by atoms with van der Waals surface area (Å²) in [4.78, 5) is 22.0. The third-order valence-electron chi connectivity index (χ3n) is 2.40. The second-order valence-electron chi connectivity index (χ2n) is 3.74. The maximum atomic E-state index is 11.1. The molecule has 1 N–H and O–H groups in total. The van der Waals surface area contributed by atoms with Crippen molar-refractivity contribution < 1.29 is 9.66 Å². The maximum absolute atomic E-state index is 11.1. The summed E-state index contributed by atoms with van der Waals surface area (Å²) >= 11 is 5.71. The van der Waals surface area contributed by atoms with Crippen molar-refractivity contribution in [3.05, 3.63) is 39.2 Å². The minimum Gasteiger partial charge on any atom is -0.417 e. The number of nitrogens with one attached hydrogen (secondary N) is 1. The average Bonchev–Trinajstić information content (AvgIpc) is 2.37. The fraction of sp³-hybridized carbons (Fsp3) is 0.182. The first-order chi connectivity index (χ1) is 9.51. The van der Waals surface area contributed by atoms with Crippen molar-refractivity contribution in [1.82, 2.24) is 15.0 Å². The van der Waals surface area contributed by atoms with Crippen LogP contribution in [0.4, 0.5) is 11.6 Å². The highest BCUT2D eigenvalue weighted by Crippen LogP contribution is 2.32. The molecule has 0 aliphatic carbocycles. The van der Waals surface area contributed by atoms with Crippen LogP contribution < -0.4 is 10.1 Å². The van der Waals surface area contributed by atoms with E-state index in [-0.39, 0.29) is 28.7 Å². The van der Waals surface area contributed by atoms with Crippen LogP contribution in [-0.2, 0) is 0 Å². The number of nitrogens with zero attached hydrogens (tertiary/aromatic N) is 4. The monoisotopic (exact) mass is 295 g/mol. The zero-order chi connectivity index (χ0) is 14.7. The van der Waals surface area contributed by atoms with Crippen molar-refractivity contribution in [3.63, 3.8) is 0 Å². The number of halogens is 1. The SMILES string of the molecule is CNc1nc(Cl)nc(Oc2cccc(C)c2[N+](=O)[O-])n1. The highest BCUT2D eigenvalue weighted by Gasteiger charge is 2.20. The van der Waals surface area contributed by atoms with Gasteiger partial charge in [-0.3, -0.25) is 10.1 Å². The largest absolute Gasteiger partial charge is 0.417 e. The van der Waals surface area contributed by atoms with Crippen molar-refractivity contribution in [3.8, 4) is 11.8 Å². The Labute approximate surface area is 118 Å². The summed E-state index contributed by atoms with van der Waals surface area (Å²) in [6, 6.07) is 4.59. The summed E-state index contributed by atoms with van der Waals surface area (Å²) in [7, 11) is 1.60. The molecule has 0 amide bonds. The number of anilines is 1. The van der Waals surface area contributed by atoms with Gasteiger partial charge in [0.25, 0.3) is 0 Å². The predicted molar refractivity (Wildman–Crippen MR) is 72.3 cm³/mol. The molecule has 8 nitrogen and oxygen atoms in total. The molecule has 2 rings (SSSR count). The van der Waals surface area contributed by atoms with E-state index in [4.69, 9.17) is 16.3 Å². The molecular formula is C11H10ClN5O3. The van der Waals surface area contributed by atoms with Gasteiger partial charge in [-0.05, 0) is 24.6 Å². The van der Waals surface area contributed by atoms with E-state index in [2.05, 4.69) is 20.3 Å². The number of aromatic nitrogens is 3. The number of hydrogen-bond donors (Lipinski definition) is 1. The minimum atomic E-state index is -0.521. The maximum Gasteiger partial charge on any atom is 0.328 e. The lowest BCUT2D eigenvalue weighted by molar-refractivity contribution is -0.386. The van der Waals surface area contributed by atoms with Gasteiger partial charge < -0.3 is 10.1 Å². The van der Waals surface area contributed by atoms with Crippen molar-refractivity contribution in [1.29, 1.82) is 0 Å². The Morgan fingerprint density at radius 3 is 2.75 bits per heavy atom. The van der Waals surface area contributed by atoms with Gasteiger partial charge in [0.05, 0.1) is 4.92 Å². The fourth-order valence-electron chi connectivity index (χ4n) is 1.54. The Bertz CT molecular complexity index is 665. The van der Waals surface area contributed by atoms with Crippen LogP contribution in [0, 0.1) is 17.0 Å². The third kappa shape index (κ3) is 2.91. The Morgan fingerprint density at radius 2 is 2.10 bits per heavy atom. The Hall–Kier alpha value is -2.48. The van der Waals surface area contributed by atoms with E-state index in [1.807, 2.05) is 0 Å². The quantitative estimate of drug-likeness (QED) is 0.683. The van der Waals surface area contributed by atoms with Gasteiger partial charge in [-0.25, -0.2) is 0 Å². The molecule has 0 fully saturated rings. The molecule has 0 radical (unpaired) electrons. The Balaban J connectivity index is 2.42. The number of hydrogen-bond acceptors (Lipinski definition) is 7. The van der Waals surface area contributed by atoms with Crippen LogP contribution in [0.5, 0.6) is 11.8 Å². The lowest BCUT2D eigenvalue weighted by Gasteiger charge is -2.07. The van der Waals surface area contributed by atoms with E-state index >= 15 is 0 Å². The van der Waals surface area contributed by atoms with E-state index in [9.17, 15) is 10.1 Å². The molecule has 1 heterocycles. The van der Waals surface area contributed by atoms with Crippen LogP contribution in [0.3, 0.4) is 0 Å². The van der Waals surface area contributed by atoms with Crippen LogP contribution in [0.25, 0.3) is 0 Å². The first-order valence-electron chi connectivity index (χ1n) is 5.52. The van der Waals surface area contributed by atoms with Crippen molar-refractivity contribution in [2.45, 2.75) is 6.92 Å². The predicted octanol–water partition coefficient (Wildman–Crippen LogP) is 2.58. The molecule has 1 aromatic carbocycles. The molecule has 0 unspecified atom stereocenters. The molecule has 0 saturated carbocycles. The smallest absolute Gasteiger partial charge is 0.328 e. The summed E-state index contributed by atoms with van der Waals surface area (Å²) in [5.41, 5.74) is 0.330. The van der Waals surface area contributed by atoms with Crippen LogP contribution in [0.15, 0.2) is 18.2 Å². The Kier molecular flexibility index (Phi) is 3.94. The van der Waals surface area contributed by atoms with Gasteiger partial charge in [-0.15, -0.1) is 0 Å². The molecule has 9 heteroatoms. The first kappa shape index (κ1) is 13.9. The van der Waals surface area contributed by atoms with Gasteiger partial charge in [0.15, 0.2) is 0 Å². The zero-order valence-electron chi connectivity index (χ0n) is 10.6. The third-order valence-corrected chi connectivity index (χ3v) is 2.56. The minimum absolute atomic E-state index is 0.0410. The number of para-hydroxylation sites is 1. The van der Waals surface area contributed by atoms with Crippen LogP contribution in [0.1, 0.15) is 5.56 Å². The average molecular weight is 296 g/mol. The molecule has 104 valence electrons. The number of ether oxygens (including phenoxy) is 1. The topological polar surface area (TPSA) is 103 Å². The summed E-state index contributed by atoms with van der Waals surface area (Å²) in [5, 5.41) is 13.7. The van der Waals surface area contributed by atoms with Crippen LogP contribution >= 0.6 is 11.6 Å². The normalized spacial score (nSPS) is 10.2. The van der Waals surface area contributed by atoms with Crippen LogP contribution in [0.2, 0.25) is 5.28 Å². The molecule has 0 aliphatic rings. The van der Waals surface area contributed by atoms with Gasteiger partial charge in [0.1, 0.15) is 0 Å². The van der Waals surface area contributed by atoms with Crippen molar-refractivity contribution in [2.24, 2.45) is 0 Å². The van der Waals surface area contributed by atoms with E-state index < -0.39 is 4.92 Å². The fourth-order valence-corrected chi connectivity index (χ4v) is 1.69. The summed E-state index contributed by atoms with van der Waals surface area (Å²) in [6.45, 7) is 1.62. The second-order valence-corrected chi connectivity index (χ2v) is 4.08. The van der Waals surface area contributed by atoms with Crippen molar-refractivity contribution >= 4 is 23.2 Å². The highest BCUT2D eigenvalue weighted by atomic mass is 35.5. The van der Waals surface area contributed by atoms with Gasteiger partial charge in [-0.1, -0.05) is 12.1 Å². The molecule has 0 bridgehead atoms. The highest BCUT2D eigenvalue weighted by molar-refractivity contribution is 6.28. The van der Waals surface area contributed by atoms with E-state index in [1.165, 1.54) is 6.07 Å². The molecular weight excluding hydrogens is 286 g/mol. The first-order valence-corrected chi connectivity index (χ1v) is 5.90. The number of nitro groups is 1. The number of benzene rings is 1. The van der Waals surface area contributed by atoms with Crippen LogP contribution in [-0.4, -0.2) is 26.9 Å². The summed E-state index contributed by atoms with van der Waals surface area (Å²) in [6.07, 6.45) is 0. The molecule has 0 aliphatic heterocycles. The van der Waals surface area contributed by atoms with Gasteiger partial charge in [0.2, 0.25) is 17.0 Å². The number of aryl methyl sites for hydroxylation is 1. The molecule has 0 saturated heterocycles. The van der Waals surface area contributed by atoms with E-state index in [1.54, 1.807) is 26.1 Å². The lowest BCUT2D eigenvalue weighted by atomic mass is 10.2. The van der Waals surface area contributed by atoms with Gasteiger partial charge >= 0.3 is 11.7 Å². The molecule has 20 heavy (non-hydrogen) atoms. The summed E-state index contributed by atoms with van der Waals surface area (Å²) in [5.74, 6) is 0.245. The number of nitro benzene ring substituents is 1. The Morgan fingerprint density at radius 1 is 1.35 bits per heavy atom. The van der Waals surface area contributed by atoms with Crippen molar-refractivity contribution in [2.75, 3.05) is 12.4 Å². The van der Waals surface area contributed by atoms with Gasteiger partial charge in [-0.2, -0.15) is 15.0 Å². The second kappa shape index (κ2) is 5.66. The van der Waals surface area contributed by atoms with Gasteiger partial charge in [0, 0.05) is 12.6 Å². The van der Waals surface area contributed by atoms with E-state index in [0.717, 1.165) is 0 Å².